The van der Waals surface area contributed by atoms with E-state index in [1.54, 1.807) is 0 Å². The van der Waals surface area contributed by atoms with Crippen molar-refractivity contribution in [2.45, 2.75) is 46.3 Å². The summed E-state index contributed by atoms with van der Waals surface area (Å²) in [7, 11) is 0. The van der Waals surface area contributed by atoms with Gasteiger partial charge in [0.1, 0.15) is 12.4 Å². The molecule has 0 radical (unpaired) electrons. The lowest BCUT2D eigenvalue weighted by Crippen LogP contribution is -2.11. The Morgan fingerprint density at radius 2 is 1.81 bits per heavy atom. The zero-order chi connectivity index (χ0) is 15.5. The van der Waals surface area contributed by atoms with Crippen molar-refractivity contribution in [2.24, 2.45) is 5.73 Å². The van der Waals surface area contributed by atoms with Crippen LogP contribution in [0, 0.1) is 6.92 Å². The molecule has 2 N–H and O–H groups in total. The zero-order valence-electron chi connectivity index (χ0n) is 13.3. The number of hydrogen-bond acceptors (Lipinski definition) is 3. The van der Waals surface area contributed by atoms with Crippen LogP contribution in [0.25, 0.3) is 0 Å². The molecule has 0 aliphatic rings. The van der Waals surface area contributed by atoms with Gasteiger partial charge in [0.25, 0.3) is 0 Å². The van der Waals surface area contributed by atoms with Crippen molar-refractivity contribution < 1.29 is 4.74 Å². The van der Waals surface area contributed by atoms with Crippen LogP contribution in [-0.4, -0.2) is 4.98 Å². The van der Waals surface area contributed by atoms with Crippen LogP contribution < -0.4 is 10.5 Å². The molecule has 112 valence electrons. The number of rotatable bonds is 4. The molecular formula is C18H24N2O. The van der Waals surface area contributed by atoms with Crippen LogP contribution in [0.2, 0.25) is 0 Å². The van der Waals surface area contributed by atoms with E-state index in [-0.39, 0.29) is 5.41 Å². The molecule has 1 aromatic heterocycles. The fourth-order valence-corrected chi connectivity index (χ4v) is 2.15. The zero-order valence-corrected chi connectivity index (χ0v) is 13.3. The summed E-state index contributed by atoms with van der Waals surface area (Å²) in [6.45, 7) is 9.63. The molecule has 0 bridgehead atoms. The molecule has 1 aromatic carbocycles. The Kier molecular flexibility index (Phi) is 4.63. The summed E-state index contributed by atoms with van der Waals surface area (Å²) in [4.78, 5) is 4.44. The Morgan fingerprint density at radius 1 is 1.10 bits per heavy atom. The highest BCUT2D eigenvalue weighted by atomic mass is 16.5. The number of aryl methyl sites for hydroxylation is 1. The van der Waals surface area contributed by atoms with E-state index in [9.17, 15) is 0 Å². The first-order valence-electron chi connectivity index (χ1n) is 7.29. The molecule has 0 saturated carbocycles. The molecule has 0 aliphatic carbocycles. The fourth-order valence-electron chi connectivity index (χ4n) is 2.15. The first-order chi connectivity index (χ1) is 9.90. The van der Waals surface area contributed by atoms with E-state index < -0.39 is 0 Å². The summed E-state index contributed by atoms with van der Waals surface area (Å²) in [5, 5.41) is 0. The summed E-state index contributed by atoms with van der Waals surface area (Å²) in [6, 6.07) is 12.2. The Hall–Kier alpha value is -1.87. The predicted octanol–water partition coefficient (Wildman–Crippen LogP) is 3.73. The van der Waals surface area contributed by atoms with Gasteiger partial charge >= 0.3 is 0 Å². The number of nitrogens with two attached hydrogens (primary N) is 1. The van der Waals surface area contributed by atoms with Gasteiger partial charge in [-0.05, 0) is 41.7 Å². The van der Waals surface area contributed by atoms with Crippen LogP contribution in [-0.2, 0) is 18.6 Å². The maximum atomic E-state index is 5.89. The highest BCUT2D eigenvalue weighted by molar-refractivity contribution is 5.38. The molecule has 0 amide bonds. The van der Waals surface area contributed by atoms with E-state index in [0.29, 0.717) is 13.2 Å². The van der Waals surface area contributed by atoms with Gasteiger partial charge in [-0.1, -0.05) is 39.0 Å². The number of pyridine rings is 1. The minimum Gasteiger partial charge on any atom is -0.487 e. The van der Waals surface area contributed by atoms with Crippen LogP contribution >= 0.6 is 0 Å². The van der Waals surface area contributed by atoms with Gasteiger partial charge in [-0.2, -0.15) is 0 Å². The maximum Gasteiger partial charge on any atom is 0.130 e. The fraction of sp³-hybridized carbons (Fsp3) is 0.389. The van der Waals surface area contributed by atoms with Crippen molar-refractivity contribution in [3.63, 3.8) is 0 Å². The van der Waals surface area contributed by atoms with E-state index in [2.05, 4.69) is 44.8 Å². The molecule has 0 aliphatic heterocycles. The summed E-state index contributed by atoms with van der Waals surface area (Å²) < 4.78 is 5.89. The van der Waals surface area contributed by atoms with Crippen LogP contribution in [0.15, 0.2) is 36.4 Å². The Bertz CT molecular complexity index is 615. The number of nitrogens with zero attached hydrogens (tertiary/aromatic N) is 1. The van der Waals surface area contributed by atoms with E-state index in [0.717, 1.165) is 22.7 Å². The molecule has 2 aromatic rings. The third kappa shape index (κ3) is 4.05. The average Bonchev–Trinajstić information content (AvgIpc) is 2.45. The van der Waals surface area contributed by atoms with Crippen molar-refractivity contribution in [3.8, 4) is 5.75 Å². The summed E-state index contributed by atoms with van der Waals surface area (Å²) in [5.74, 6) is 0.906. The van der Waals surface area contributed by atoms with Gasteiger partial charge < -0.3 is 10.5 Å². The number of benzene rings is 1. The SMILES string of the molecule is Cc1cc(C(C)(C)C)ccc1OCc1cccc(CN)n1. The van der Waals surface area contributed by atoms with E-state index in [1.165, 1.54) is 5.56 Å². The summed E-state index contributed by atoms with van der Waals surface area (Å²) in [6.07, 6.45) is 0. The molecular weight excluding hydrogens is 260 g/mol. The second-order valence-corrected chi connectivity index (χ2v) is 6.34. The largest absolute Gasteiger partial charge is 0.487 e. The van der Waals surface area contributed by atoms with Gasteiger partial charge in [-0.3, -0.25) is 4.98 Å². The molecule has 0 atom stereocenters. The van der Waals surface area contributed by atoms with E-state index in [1.807, 2.05) is 24.3 Å². The minimum atomic E-state index is 0.153. The van der Waals surface area contributed by atoms with E-state index >= 15 is 0 Å². The number of hydrogen-bond donors (Lipinski definition) is 1. The monoisotopic (exact) mass is 284 g/mol. The minimum absolute atomic E-state index is 0.153. The highest BCUT2D eigenvalue weighted by Crippen LogP contribution is 2.27. The third-order valence-electron chi connectivity index (χ3n) is 3.49. The van der Waals surface area contributed by atoms with Crippen LogP contribution in [0.1, 0.15) is 43.3 Å². The quantitative estimate of drug-likeness (QED) is 0.930. The molecule has 3 nitrogen and oxygen atoms in total. The normalized spacial score (nSPS) is 11.5. The van der Waals surface area contributed by atoms with Crippen LogP contribution in [0.5, 0.6) is 5.75 Å². The predicted molar refractivity (Wildman–Crippen MR) is 86.3 cm³/mol. The maximum absolute atomic E-state index is 5.89. The summed E-state index contributed by atoms with van der Waals surface area (Å²) >= 11 is 0. The smallest absolute Gasteiger partial charge is 0.130 e. The number of aromatic nitrogens is 1. The lowest BCUT2D eigenvalue weighted by Gasteiger charge is -2.20. The lowest BCUT2D eigenvalue weighted by molar-refractivity contribution is 0.298. The topological polar surface area (TPSA) is 48.1 Å². The molecule has 0 fully saturated rings. The molecule has 0 saturated heterocycles. The Morgan fingerprint density at radius 3 is 2.43 bits per heavy atom. The average molecular weight is 284 g/mol. The van der Waals surface area contributed by atoms with Gasteiger partial charge in [0.2, 0.25) is 0 Å². The Labute approximate surface area is 127 Å². The molecule has 21 heavy (non-hydrogen) atoms. The molecule has 2 rings (SSSR count). The van der Waals surface area contributed by atoms with Gasteiger partial charge in [-0.15, -0.1) is 0 Å². The van der Waals surface area contributed by atoms with Crippen molar-refractivity contribution in [2.75, 3.05) is 0 Å². The molecule has 3 heteroatoms. The first-order valence-corrected chi connectivity index (χ1v) is 7.29. The van der Waals surface area contributed by atoms with E-state index in [4.69, 9.17) is 10.5 Å². The third-order valence-corrected chi connectivity index (χ3v) is 3.49. The highest BCUT2D eigenvalue weighted by Gasteiger charge is 2.14. The lowest BCUT2D eigenvalue weighted by atomic mass is 9.86. The van der Waals surface area contributed by atoms with Crippen molar-refractivity contribution >= 4 is 0 Å². The molecule has 0 spiro atoms. The summed E-state index contributed by atoms with van der Waals surface area (Å²) in [5.41, 5.74) is 10.0. The number of ether oxygens (including phenoxy) is 1. The molecule has 0 unspecified atom stereocenters. The van der Waals surface area contributed by atoms with Gasteiger partial charge in [0.15, 0.2) is 0 Å². The van der Waals surface area contributed by atoms with Crippen molar-refractivity contribution in [3.05, 3.63) is 58.9 Å². The standard InChI is InChI=1S/C18H24N2O/c1-13-10-14(18(2,3)4)8-9-17(13)21-12-16-7-5-6-15(11-19)20-16/h5-10H,11-12,19H2,1-4H3. The van der Waals surface area contributed by atoms with Crippen LogP contribution in [0.3, 0.4) is 0 Å². The molecule has 1 heterocycles. The van der Waals surface area contributed by atoms with Gasteiger partial charge in [0.05, 0.1) is 11.4 Å². The van der Waals surface area contributed by atoms with Gasteiger partial charge in [-0.25, -0.2) is 0 Å². The van der Waals surface area contributed by atoms with Crippen molar-refractivity contribution in [1.82, 2.24) is 4.98 Å². The first kappa shape index (κ1) is 15.5. The van der Waals surface area contributed by atoms with Gasteiger partial charge in [0, 0.05) is 6.54 Å². The Balaban J connectivity index is 2.10. The second-order valence-electron chi connectivity index (χ2n) is 6.34. The van der Waals surface area contributed by atoms with Crippen molar-refractivity contribution in [1.29, 1.82) is 0 Å². The van der Waals surface area contributed by atoms with Crippen LogP contribution in [0.4, 0.5) is 0 Å². The second kappa shape index (κ2) is 6.27.